The van der Waals surface area contributed by atoms with Gasteiger partial charge in [-0.2, -0.15) is 0 Å². The van der Waals surface area contributed by atoms with Crippen molar-refractivity contribution in [2.45, 2.75) is 31.9 Å². The van der Waals surface area contributed by atoms with Crippen LogP contribution in [0.4, 0.5) is 5.69 Å². The SMILES string of the molecule is CNC(=O)C1CCCN1c1ccccc1[C@H](C)O. The van der Waals surface area contributed by atoms with Crippen molar-refractivity contribution in [1.82, 2.24) is 5.32 Å². The number of aliphatic hydroxyl groups is 1. The van der Waals surface area contributed by atoms with Gasteiger partial charge in [-0.05, 0) is 25.8 Å². The Morgan fingerprint density at radius 2 is 2.22 bits per heavy atom. The minimum atomic E-state index is -0.521. The highest BCUT2D eigenvalue weighted by Gasteiger charge is 2.31. The number of carbonyl (C=O) groups is 1. The van der Waals surface area contributed by atoms with E-state index in [0.29, 0.717) is 0 Å². The van der Waals surface area contributed by atoms with E-state index in [4.69, 9.17) is 0 Å². The molecule has 0 aliphatic carbocycles. The van der Waals surface area contributed by atoms with E-state index in [0.717, 1.165) is 30.6 Å². The number of para-hydroxylation sites is 1. The van der Waals surface area contributed by atoms with Gasteiger partial charge < -0.3 is 15.3 Å². The smallest absolute Gasteiger partial charge is 0.242 e. The van der Waals surface area contributed by atoms with Crippen molar-refractivity contribution in [3.63, 3.8) is 0 Å². The van der Waals surface area contributed by atoms with Crippen LogP contribution >= 0.6 is 0 Å². The van der Waals surface area contributed by atoms with Crippen LogP contribution in [-0.2, 0) is 4.79 Å². The normalized spacial score (nSPS) is 20.8. The number of nitrogens with one attached hydrogen (secondary N) is 1. The molecule has 0 radical (unpaired) electrons. The van der Waals surface area contributed by atoms with Gasteiger partial charge in [-0.1, -0.05) is 18.2 Å². The Labute approximate surface area is 108 Å². The zero-order chi connectivity index (χ0) is 13.1. The molecule has 2 atom stereocenters. The van der Waals surface area contributed by atoms with Gasteiger partial charge in [0, 0.05) is 24.8 Å². The van der Waals surface area contributed by atoms with Crippen LogP contribution in [-0.4, -0.2) is 30.6 Å². The highest BCUT2D eigenvalue weighted by molar-refractivity contribution is 5.86. The van der Waals surface area contributed by atoms with Gasteiger partial charge in [0.1, 0.15) is 6.04 Å². The van der Waals surface area contributed by atoms with Crippen LogP contribution in [0.5, 0.6) is 0 Å². The summed E-state index contributed by atoms with van der Waals surface area (Å²) in [5.41, 5.74) is 1.85. The van der Waals surface area contributed by atoms with Crippen molar-refractivity contribution in [3.8, 4) is 0 Å². The molecule has 1 saturated heterocycles. The molecular formula is C14H20N2O2. The zero-order valence-corrected chi connectivity index (χ0v) is 10.9. The second-order valence-corrected chi connectivity index (χ2v) is 4.70. The van der Waals surface area contributed by atoms with E-state index in [9.17, 15) is 9.90 Å². The molecule has 2 rings (SSSR count). The number of likely N-dealkylation sites (N-methyl/N-ethyl adjacent to an activating group) is 1. The second-order valence-electron chi connectivity index (χ2n) is 4.70. The molecule has 1 aromatic carbocycles. The van der Waals surface area contributed by atoms with Gasteiger partial charge in [0.05, 0.1) is 6.10 Å². The summed E-state index contributed by atoms with van der Waals surface area (Å²) in [5, 5.41) is 12.5. The van der Waals surface area contributed by atoms with E-state index in [1.54, 1.807) is 14.0 Å². The maximum atomic E-state index is 11.9. The number of rotatable bonds is 3. The number of hydrogen-bond donors (Lipinski definition) is 2. The first-order valence-corrected chi connectivity index (χ1v) is 6.40. The standard InChI is InChI=1S/C14H20N2O2/c1-10(17)11-6-3-4-7-12(11)16-9-5-8-13(16)14(18)15-2/h3-4,6-7,10,13,17H,5,8-9H2,1-2H3,(H,15,18)/t10-,13?/m0/s1. The average Bonchev–Trinajstić information content (AvgIpc) is 2.86. The van der Waals surface area contributed by atoms with Crippen molar-refractivity contribution in [2.75, 3.05) is 18.5 Å². The number of carbonyl (C=O) groups excluding carboxylic acids is 1. The third kappa shape index (κ3) is 2.34. The first-order valence-electron chi connectivity index (χ1n) is 6.40. The van der Waals surface area contributed by atoms with Gasteiger partial charge in [0.2, 0.25) is 5.91 Å². The number of benzene rings is 1. The van der Waals surface area contributed by atoms with Crippen LogP contribution in [0.25, 0.3) is 0 Å². The molecule has 18 heavy (non-hydrogen) atoms. The summed E-state index contributed by atoms with van der Waals surface area (Å²) in [5.74, 6) is 0.0490. The van der Waals surface area contributed by atoms with Crippen LogP contribution in [0.1, 0.15) is 31.4 Å². The Bertz CT molecular complexity index is 432. The lowest BCUT2D eigenvalue weighted by Gasteiger charge is -2.28. The third-order valence-electron chi connectivity index (χ3n) is 3.50. The molecular weight excluding hydrogens is 228 g/mol. The summed E-state index contributed by atoms with van der Waals surface area (Å²) in [6, 6.07) is 7.63. The molecule has 1 aliphatic rings. The molecule has 0 saturated carbocycles. The predicted octanol–water partition coefficient (Wildman–Crippen LogP) is 1.45. The van der Waals surface area contributed by atoms with E-state index in [1.165, 1.54) is 0 Å². The summed E-state index contributed by atoms with van der Waals surface area (Å²) in [4.78, 5) is 14.0. The number of hydrogen-bond acceptors (Lipinski definition) is 3. The molecule has 1 aromatic rings. The number of aliphatic hydroxyl groups excluding tert-OH is 1. The average molecular weight is 248 g/mol. The van der Waals surface area contributed by atoms with Gasteiger partial charge in [0.15, 0.2) is 0 Å². The fourth-order valence-corrected chi connectivity index (χ4v) is 2.60. The summed E-state index contributed by atoms with van der Waals surface area (Å²) in [6.07, 6.45) is 1.35. The highest BCUT2D eigenvalue weighted by Crippen LogP contribution is 2.31. The lowest BCUT2D eigenvalue weighted by molar-refractivity contribution is -0.121. The molecule has 1 heterocycles. The zero-order valence-electron chi connectivity index (χ0n) is 10.9. The third-order valence-corrected chi connectivity index (χ3v) is 3.50. The first-order chi connectivity index (χ1) is 8.65. The fraction of sp³-hybridized carbons (Fsp3) is 0.500. The molecule has 0 bridgehead atoms. The van der Waals surface area contributed by atoms with Crippen LogP contribution in [0.2, 0.25) is 0 Å². The summed E-state index contributed by atoms with van der Waals surface area (Å²) < 4.78 is 0. The molecule has 4 heteroatoms. The van der Waals surface area contributed by atoms with E-state index in [2.05, 4.69) is 10.2 Å². The largest absolute Gasteiger partial charge is 0.389 e. The molecule has 4 nitrogen and oxygen atoms in total. The predicted molar refractivity (Wildman–Crippen MR) is 71.5 cm³/mol. The molecule has 2 N–H and O–H groups in total. The maximum Gasteiger partial charge on any atom is 0.242 e. The second kappa shape index (κ2) is 5.40. The molecule has 1 fully saturated rings. The Kier molecular flexibility index (Phi) is 3.87. The Hall–Kier alpha value is -1.55. The van der Waals surface area contributed by atoms with Gasteiger partial charge in [-0.25, -0.2) is 0 Å². The van der Waals surface area contributed by atoms with Crippen LogP contribution in [0, 0.1) is 0 Å². The van der Waals surface area contributed by atoms with E-state index in [-0.39, 0.29) is 11.9 Å². The topological polar surface area (TPSA) is 52.6 Å². The van der Waals surface area contributed by atoms with E-state index < -0.39 is 6.10 Å². The van der Waals surface area contributed by atoms with Crippen molar-refractivity contribution >= 4 is 11.6 Å². The maximum absolute atomic E-state index is 11.9. The Morgan fingerprint density at radius 3 is 2.89 bits per heavy atom. The summed E-state index contributed by atoms with van der Waals surface area (Å²) in [7, 11) is 1.67. The van der Waals surface area contributed by atoms with E-state index >= 15 is 0 Å². The van der Waals surface area contributed by atoms with Gasteiger partial charge in [0.25, 0.3) is 0 Å². The molecule has 1 amide bonds. The molecule has 1 unspecified atom stereocenters. The molecule has 0 aromatic heterocycles. The lowest BCUT2D eigenvalue weighted by Crippen LogP contribution is -2.42. The first kappa shape index (κ1) is 12.9. The molecule has 0 spiro atoms. The van der Waals surface area contributed by atoms with Crippen LogP contribution in [0.3, 0.4) is 0 Å². The highest BCUT2D eigenvalue weighted by atomic mass is 16.3. The fourth-order valence-electron chi connectivity index (χ4n) is 2.60. The van der Waals surface area contributed by atoms with Crippen molar-refractivity contribution in [2.24, 2.45) is 0 Å². The van der Waals surface area contributed by atoms with E-state index in [1.807, 2.05) is 24.3 Å². The van der Waals surface area contributed by atoms with Gasteiger partial charge in [-0.15, -0.1) is 0 Å². The van der Waals surface area contributed by atoms with Crippen LogP contribution < -0.4 is 10.2 Å². The number of nitrogens with zero attached hydrogens (tertiary/aromatic N) is 1. The minimum Gasteiger partial charge on any atom is -0.389 e. The van der Waals surface area contributed by atoms with Crippen molar-refractivity contribution in [3.05, 3.63) is 29.8 Å². The monoisotopic (exact) mass is 248 g/mol. The minimum absolute atomic E-state index is 0.0490. The quantitative estimate of drug-likeness (QED) is 0.851. The Morgan fingerprint density at radius 1 is 1.50 bits per heavy atom. The van der Waals surface area contributed by atoms with Crippen LogP contribution in [0.15, 0.2) is 24.3 Å². The Balaban J connectivity index is 2.33. The van der Waals surface area contributed by atoms with Gasteiger partial charge in [-0.3, -0.25) is 4.79 Å². The van der Waals surface area contributed by atoms with Crippen molar-refractivity contribution < 1.29 is 9.90 Å². The summed E-state index contributed by atoms with van der Waals surface area (Å²) >= 11 is 0. The number of anilines is 1. The summed E-state index contributed by atoms with van der Waals surface area (Å²) in [6.45, 7) is 2.62. The van der Waals surface area contributed by atoms with Crippen molar-refractivity contribution in [1.29, 1.82) is 0 Å². The molecule has 1 aliphatic heterocycles. The van der Waals surface area contributed by atoms with Gasteiger partial charge >= 0.3 is 0 Å². The lowest BCUT2D eigenvalue weighted by atomic mass is 10.1. The molecule has 98 valence electrons. The number of amides is 1.